The van der Waals surface area contributed by atoms with Gasteiger partial charge in [-0.2, -0.15) is 0 Å². The van der Waals surface area contributed by atoms with Crippen molar-refractivity contribution < 1.29 is 4.74 Å². The Morgan fingerprint density at radius 3 is 2.91 bits per heavy atom. The van der Waals surface area contributed by atoms with Gasteiger partial charge < -0.3 is 10.1 Å². The van der Waals surface area contributed by atoms with Gasteiger partial charge in [-0.1, -0.05) is 11.3 Å². The van der Waals surface area contributed by atoms with Gasteiger partial charge in [0.2, 0.25) is 5.13 Å². The second-order valence-electron chi connectivity index (χ2n) is 1.99. The predicted molar refractivity (Wildman–Crippen MR) is 45.0 cm³/mol. The molecule has 0 aliphatic rings. The van der Waals surface area contributed by atoms with E-state index in [9.17, 15) is 0 Å². The quantitative estimate of drug-likeness (QED) is 0.730. The zero-order valence-electron chi connectivity index (χ0n) is 6.63. The molecule has 4 nitrogen and oxygen atoms in total. The van der Waals surface area contributed by atoms with E-state index in [0.717, 1.165) is 16.6 Å². The van der Waals surface area contributed by atoms with Crippen LogP contribution >= 0.6 is 11.3 Å². The van der Waals surface area contributed by atoms with Gasteiger partial charge in [0.1, 0.15) is 5.01 Å². The van der Waals surface area contributed by atoms with Crippen molar-refractivity contribution in [3.05, 3.63) is 5.01 Å². The normalized spacial score (nSPS) is 10.0. The zero-order valence-corrected chi connectivity index (χ0v) is 7.44. The largest absolute Gasteiger partial charge is 0.384 e. The maximum atomic E-state index is 4.91. The number of methoxy groups -OCH3 is 1. The first kappa shape index (κ1) is 8.42. The molecule has 1 aromatic heterocycles. The Kier molecular flexibility index (Phi) is 3.25. The number of hydrogen-bond acceptors (Lipinski definition) is 5. The van der Waals surface area contributed by atoms with E-state index in [1.54, 1.807) is 18.4 Å². The summed E-state index contributed by atoms with van der Waals surface area (Å²) in [7, 11) is 3.51. The van der Waals surface area contributed by atoms with Crippen LogP contribution in [0.3, 0.4) is 0 Å². The summed E-state index contributed by atoms with van der Waals surface area (Å²) >= 11 is 1.56. The van der Waals surface area contributed by atoms with Gasteiger partial charge in [0, 0.05) is 20.6 Å². The van der Waals surface area contributed by atoms with Crippen molar-refractivity contribution >= 4 is 16.5 Å². The van der Waals surface area contributed by atoms with E-state index in [-0.39, 0.29) is 0 Å². The number of nitrogens with one attached hydrogen (secondary N) is 1. The highest BCUT2D eigenvalue weighted by Crippen LogP contribution is 2.14. The van der Waals surface area contributed by atoms with Crippen molar-refractivity contribution in [1.29, 1.82) is 0 Å². The topological polar surface area (TPSA) is 47.0 Å². The Balaban J connectivity index is 2.44. The van der Waals surface area contributed by atoms with Crippen molar-refractivity contribution in [2.75, 3.05) is 26.1 Å². The van der Waals surface area contributed by atoms with Crippen LogP contribution in [0.1, 0.15) is 5.01 Å². The fourth-order valence-electron chi connectivity index (χ4n) is 0.645. The molecule has 1 heterocycles. The molecule has 1 aromatic rings. The molecule has 62 valence electrons. The minimum atomic E-state index is 0.707. The first-order chi connectivity index (χ1) is 5.36. The monoisotopic (exact) mass is 173 g/mol. The van der Waals surface area contributed by atoms with Gasteiger partial charge in [0.25, 0.3) is 0 Å². The van der Waals surface area contributed by atoms with Crippen molar-refractivity contribution in [3.8, 4) is 0 Å². The number of nitrogens with zero attached hydrogens (tertiary/aromatic N) is 2. The Morgan fingerprint density at radius 1 is 1.55 bits per heavy atom. The number of anilines is 1. The van der Waals surface area contributed by atoms with Crippen LogP contribution in [0.2, 0.25) is 0 Å². The van der Waals surface area contributed by atoms with Gasteiger partial charge in [0.15, 0.2) is 0 Å². The summed E-state index contributed by atoms with van der Waals surface area (Å²) in [5, 5.41) is 12.6. The molecule has 0 saturated carbocycles. The third-order valence-electron chi connectivity index (χ3n) is 1.20. The maximum absolute atomic E-state index is 4.91. The molecule has 0 amide bonds. The van der Waals surface area contributed by atoms with E-state index in [2.05, 4.69) is 15.5 Å². The average molecular weight is 173 g/mol. The van der Waals surface area contributed by atoms with Crippen molar-refractivity contribution in [2.24, 2.45) is 0 Å². The molecule has 0 bridgehead atoms. The van der Waals surface area contributed by atoms with Crippen LogP contribution in [0.15, 0.2) is 0 Å². The maximum Gasteiger partial charge on any atom is 0.205 e. The van der Waals surface area contributed by atoms with Crippen LogP contribution in [0.5, 0.6) is 0 Å². The molecule has 0 unspecified atom stereocenters. The van der Waals surface area contributed by atoms with E-state index in [1.165, 1.54) is 0 Å². The molecule has 0 aliphatic heterocycles. The summed E-state index contributed by atoms with van der Waals surface area (Å²) in [6, 6.07) is 0. The van der Waals surface area contributed by atoms with Crippen LogP contribution < -0.4 is 5.32 Å². The lowest BCUT2D eigenvalue weighted by atomic mass is 10.5. The van der Waals surface area contributed by atoms with E-state index >= 15 is 0 Å². The third kappa shape index (κ3) is 2.44. The molecule has 0 atom stereocenters. The van der Waals surface area contributed by atoms with Gasteiger partial charge in [-0.05, 0) is 0 Å². The molecule has 0 saturated heterocycles. The summed E-state index contributed by atoms with van der Waals surface area (Å²) < 4.78 is 4.91. The average Bonchev–Trinajstić information content (AvgIpc) is 2.48. The lowest BCUT2D eigenvalue weighted by molar-refractivity contribution is 0.202. The Hall–Kier alpha value is -0.680. The van der Waals surface area contributed by atoms with Gasteiger partial charge in [-0.15, -0.1) is 10.2 Å². The first-order valence-corrected chi connectivity index (χ1v) is 4.17. The van der Waals surface area contributed by atoms with Crippen LogP contribution in [-0.4, -0.2) is 31.0 Å². The number of hydrogen-bond donors (Lipinski definition) is 1. The van der Waals surface area contributed by atoms with Crippen molar-refractivity contribution in [1.82, 2.24) is 10.2 Å². The molecular formula is C6H11N3OS. The molecule has 0 spiro atoms. The number of ether oxygens (including phenoxy) is 1. The summed E-state index contributed by atoms with van der Waals surface area (Å²) in [6.45, 7) is 0.707. The van der Waals surface area contributed by atoms with Crippen LogP contribution in [-0.2, 0) is 11.2 Å². The van der Waals surface area contributed by atoms with E-state index in [0.29, 0.717) is 6.61 Å². The van der Waals surface area contributed by atoms with Crippen molar-refractivity contribution in [3.63, 3.8) is 0 Å². The Morgan fingerprint density at radius 2 is 2.36 bits per heavy atom. The smallest absolute Gasteiger partial charge is 0.205 e. The fourth-order valence-corrected chi connectivity index (χ4v) is 1.32. The summed E-state index contributed by atoms with van der Waals surface area (Å²) in [5.41, 5.74) is 0. The van der Waals surface area contributed by atoms with Gasteiger partial charge in [0.05, 0.1) is 6.61 Å². The van der Waals surface area contributed by atoms with Crippen LogP contribution in [0, 0.1) is 0 Å². The summed E-state index contributed by atoms with van der Waals surface area (Å²) in [6.07, 6.45) is 0.843. The third-order valence-corrected chi connectivity index (χ3v) is 2.20. The molecule has 0 aromatic carbocycles. The molecule has 11 heavy (non-hydrogen) atoms. The Labute approximate surface area is 69.6 Å². The van der Waals surface area contributed by atoms with Gasteiger partial charge in [-0.25, -0.2) is 0 Å². The fraction of sp³-hybridized carbons (Fsp3) is 0.667. The zero-order chi connectivity index (χ0) is 8.10. The predicted octanol–water partition coefficient (Wildman–Crippen LogP) is 0.769. The van der Waals surface area contributed by atoms with Gasteiger partial charge >= 0.3 is 0 Å². The highest BCUT2D eigenvalue weighted by molar-refractivity contribution is 7.15. The van der Waals surface area contributed by atoms with E-state index < -0.39 is 0 Å². The second-order valence-corrected chi connectivity index (χ2v) is 3.06. The molecule has 0 aliphatic carbocycles. The summed E-state index contributed by atoms with van der Waals surface area (Å²) in [5.74, 6) is 0. The minimum absolute atomic E-state index is 0.707. The molecule has 5 heteroatoms. The van der Waals surface area contributed by atoms with E-state index in [1.807, 2.05) is 7.05 Å². The Bertz CT molecular complexity index is 213. The van der Waals surface area contributed by atoms with Crippen LogP contribution in [0.25, 0.3) is 0 Å². The first-order valence-electron chi connectivity index (χ1n) is 3.36. The summed E-state index contributed by atoms with van der Waals surface area (Å²) in [4.78, 5) is 0. The standard InChI is InChI=1S/C6H11N3OS/c1-7-6-9-8-5(11-6)3-4-10-2/h3-4H2,1-2H3,(H,7,9). The van der Waals surface area contributed by atoms with Crippen LogP contribution in [0.4, 0.5) is 5.13 Å². The van der Waals surface area contributed by atoms with Crippen molar-refractivity contribution in [2.45, 2.75) is 6.42 Å². The highest BCUT2D eigenvalue weighted by atomic mass is 32.1. The van der Waals surface area contributed by atoms with Gasteiger partial charge in [-0.3, -0.25) is 0 Å². The second kappa shape index (κ2) is 4.25. The minimum Gasteiger partial charge on any atom is -0.384 e. The lowest BCUT2D eigenvalue weighted by Gasteiger charge is -1.91. The molecule has 1 rings (SSSR count). The lowest BCUT2D eigenvalue weighted by Crippen LogP contribution is -1.92. The highest BCUT2D eigenvalue weighted by Gasteiger charge is 2.00. The molecule has 0 radical (unpaired) electrons. The number of aromatic nitrogens is 2. The molecular weight excluding hydrogens is 162 g/mol. The SMILES string of the molecule is CNc1nnc(CCOC)s1. The number of rotatable bonds is 4. The molecule has 0 fully saturated rings. The molecule has 1 N–H and O–H groups in total. The van der Waals surface area contributed by atoms with E-state index in [4.69, 9.17) is 4.74 Å².